The molecular weight excluding hydrogens is 304 g/mol. The van der Waals surface area contributed by atoms with Crippen molar-refractivity contribution in [1.29, 1.82) is 0 Å². The molecule has 2 aromatic carbocycles. The van der Waals surface area contributed by atoms with Crippen LogP contribution in [-0.2, 0) is 10.8 Å². The summed E-state index contributed by atoms with van der Waals surface area (Å²) >= 11 is 0. The Kier molecular flexibility index (Phi) is 4.26. The second kappa shape index (κ2) is 5.90. The molecule has 0 bridgehead atoms. The molecule has 0 aliphatic carbocycles. The van der Waals surface area contributed by atoms with Crippen LogP contribution in [0.2, 0.25) is 0 Å². The maximum atomic E-state index is 6.27. The minimum absolute atomic E-state index is 0.0722. The number of aryl methyl sites for hydroxylation is 2. The van der Waals surface area contributed by atoms with Gasteiger partial charge in [0.2, 0.25) is 0 Å². The molecule has 0 radical (unpaired) electrons. The standard InChI is InChI=1S/C24H32O/c1-15-9-16(2)11-17(10-15)20-14-25-22-19(20)12-18(23(3,4)5)13-21(22)24(6,7)8/h9-13,20H,14H2,1-8H3. The minimum Gasteiger partial charge on any atom is -0.492 e. The van der Waals surface area contributed by atoms with Crippen LogP contribution in [0.4, 0.5) is 0 Å². The minimum atomic E-state index is 0.0722. The zero-order valence-corrected chi connectivity index (χ0v) is 17.1. The Bertz CT molecular complexity index is 780. The van der Waals surface area contributed by atoms with Crippen molar-refractivity contribution in [2.45, 2.75) is 72.1 Å². The molecule has 0 amide bonds. The van der Waals surface area contributed by atoms with Crippen LogP contribution in [0.15, 0.2) is 30.3 Å². The molecule has 25 heavy (non-hydrogen) atoms. The Morgan fingerprint density at radius 3 is 1.92 bits per heavy atom. The first-order valence-corrected chi connectivity index (χ1v) is 9.37. The molecule has 1 aliphatic heterocycles. The van der Waals surface area contributed by atoms with Crippen molar-refractivity contribution in [2.75, 3.05) is 6.61 Å². The van der Waals surface area contributed by atoms with Gasteiger partial charge in [0.25, 0.3) is 0 Å². The van der Waals surface area contributed by atoms with Crippen molar-refractivity contribution in [2.24, 2.45) is 0 Å². The van der Waals surface area contributed by atoms with Gasteiger partial charge in [-0.25, -0.2) is 0 Å². The van der Waals surface area contributed by atoms with E-state index in [1.807, 2.05) is 0 Å². The highest BCUT2D eigenvalue weighted by molar-refractivity contribution is 5.56. The zero-order valence-electron chi connectivity index (χ0n) is 17.1. The third-order valence-corrected chi connectivity index (χ3v) is 5.21. The largest absolute Gasteiger partial charge is 0.492 e. The van der Waals surface area contributed by atoms with E-state index in [-0.39, 0.29) is 10.8 Å². The second-order valence-corrected chi connectivity index (χ2v) is 9.73. The Morgan fingerprint density at radius 2 is 1.40 bits per heavy atom. The van der Waals surface area contributed by atoms with Crippen molar-refractivity contribution in [3.63, 3.8) is 0 Å². The summed E-state index contributed by atoms with van der Waals surface area (Å²) in [6, 6.07) is 11.6. The average Bonchev–Trinajstić information content (AvgIpc) is 2.86. The fourth-order valence-electron chi connectivity index (χ4n) is 3.80. The molecule has 3 rings (SSSR count). The number of hydrogen-bond acceptors (Lipinski definition) is 1. The quantitative estimate of drug-likeness (QED) is 0.583. The van der Waals surface area contributed by atoms with Gasteiger partial charge >= 0.3 is 0 Å². The van der Waals surface area contributed by atoms with E-state index in [1.54, 1.807) is 0 Å². The summed E-state index contributed by atoms with van der Waals surface area (Å²) < 4.78 is 6.27. The van der Waals surface area contributed by atoms with E-state index in [0.29, 0.717) is 5.92 Å². The van der Waals surface area contributed by atoms with E-state index < -0.39 is 0 Å². The molecule has 0 fully saturated rings. The smallest absolute Gasteiger partial charge is 0.127 e. The van der Waals surface area contributed by atoms with Gasteiger partial charge < -0.3 is 4.74 Å². The Labute approximate surface area is 153 Å². The number of benzene rings is 2. The SMILES string of the molecule is Cc1cc(C)cc(C2COc3c2cc(C(C)(C)C)cc3C(C)(C)C)c1. The summed E-state index contributed by atoms with van der Waals surface area (Å²) in [5.74, 6) is 1.45. The highest BCUT2D eigenvalue weighted by Gasteiger charge is 2.33. The first-order chi connectivity index (χ1) is 11.5. The van der Waals surface area contributed by atoms with Crippen LogP contribution in [0, 0.1) is 13.8 Å². The van der Waals surface area contributed by atoms with Gasteiger partial charge in [-0.3, -0.25) is 0 Å². The van der Waals surface area contributed by atoms with Gasteiger partial charge in [-0.1, -0.05) is 83.0 Å². The molecule has 1 heteroatoms. The molecule has 0 saturated carbocycles. The summed E-state index contributed by atoms with van der Waals surface area (Å²) in [5, 5.41) is 0. The van der Waals surface area contributed by atoms with Crippen LogP contribution in [0.25, 0.3) is 0 Å². The van der Waals surface area contributed by atoms with Gasteiger partial charge in [-0.2, -0.15) is 0 Å². The van der Waals surface area contributed by atoms with Gasteiger partial charge in [0, 0.05) is 17.0 Å². The molecule has 0 N–H and O–H groups in total. The lowest BCUT2D eigenvalue weighted by atomic mass is 9.77. The molecule has 0 saturated heterocycles. The monoisotopic (exact) mass is 336 g/mol. The van der Waals surface area contributed by atoms with Crippen molar-refractivity contribution >= 4 is 0 Å². The van der Waals surface area contributed by atoms with E-state index in [9.17, 15) is 0 Å². The normalized spacial score (nSPS) is 17.4. The van der Waals surface area contributed by atoms with Crippen molar-refractivity contribution in [1.82, 2.24) is 0 Å². The van der Waals surface area contributed by atoms with Crippen LogP contribution in [-0.4, -0.2) is 6.61 Å². The third-order valence-electron chi connectivity index (χ3n) is 5.21. The van der Waals surface area contributed by atoms with Crippen molar-refractivity contribution in [3.8, 4) is 5.75 Å². The molecule has 0 spiro atoms. The number of ether oxygens (including phenoxy) is 1. The molecule has 1 atom stereocenters. The molecular formula is C24H32O. The van der Waals surface area contributed by atoms with E-state index in [0.717, 1.165) is 12.4 Å². The summed E-state index contributed by atoms with van der Waals surface area (Å²) in [7, 11) is 0. The third kappa shape index (κ3) is 3.47. The molecule has 2 aromatic rings. The van der Waals surface area contributed by atoms with E-state index in [1.165, 1.54) is 33.4 Å². The van der Waals surface area contributed by atoms with Gasteiger partial charge in [0.15, 0.2) is 0 Å². The molecule has 1 heterocycles. The van der Waals surface area contributed by atoms with E-state index >= 15 is 0 Å². The van der Waals surface area contributed by atoms with Gasteiger partial charge in [0.1, 0.15) is 5.75 Å². The summed E-state index contributed by atoms with van der Waals surface area (Å²) in [6.45, 7) is 18.8. The molecule has 1 nitrogen and oxygen atoms in total. The molecule has 134 valence electrons. The number of hydrogen-bond donors (Lipinski definition) is 0. The Balaban J connectivity index is 2.21. The second-order valence-electron chi connectivity index (χ2n) is 9.73. The average molecular weight is 337 g/mol. The zero-order chi connectivity index (χ0) is 18.6. The van der Waals surface area contributed by atoms with Gasteiger partial charge in [0.05, 0.1) is 6.61 Å². The van der Waals surface area contributed by atoms with Crippen LogP contribution < -0.4 is 4.74 Å². The Hall–Kier alpha value is -1.76. The molecule has 1 aliphatic rings. The lowest BCUT2D eigenvalue weighted by Gasteiger charge is -2.27. The number of fused-ring (bicyclic) bond motifs is 1. The van der Waals surface area contributed by atoms with Gasteiger partial charge in [-0.05, 0) is 35.8 Å². The Morgan fingerprint density at radius 1 is 0.800 bits per heavy atom. The lowest BCUT2D eigenvalue weighted by Crippen LogP contribution is -2.17. The van der Waals surface area contributed by atoms with Gasteiger partial charge in [-0.15, -0.1) is 0 Å². The predicted octanol–water partition coefficient (Wildman–Crippen LogP) is 6.42. The highest BCUT2D eigenvalue weighted by atomic mass is 16.5. The maximum Gasteiger partial charge on any atom is 0.127 e. The van der Waals surface area contributed by atoms with E-state index in [4.69, 9.17) is 4.74 Å². The topological polar surface area (TPSA) is 9.23 Å². The fourth-order valence-corrected chi connectivity index (χ4v) is 3.80. The van der Waals surface area contributed by atoms with Crippen LogP contribution in [0.3, 0.4) is 0 Å². The van der Waals surface area contributed by atoms with Crippen molar-refractivity contribution in [3.05, 3.63) is 63.7 Å². The summed E-state index contributed by atoms with van der Waals surface area (Å²) in [4.78, 5) is 0. The molecule has 0 aromatic heterocycles. The van der Waals surface area contributed by atoms with Crippen LogP contribution in [0.5, 0.6) is 5.75 Å². The van der Waals surface area contributed by atoms with Crippen LogP contribution in [0.1, 0.15) is 80.8 Å². The lowest BCUT2D eigenvalue weighted by molar-refractivity contribution is 0.334. The maximum absolute atomic E-state index is 6.27. The van der Waals surface area contributed by atoms with E-state index in [2.05, 4.69) is 85.7 Å². The summed E-state index contributed by atoms with van der Waals surface area (Å²) in [5.41, 5.74) is 8.33. The summed E-state index contributed by atoms with van der Waals surface area (Å²) in [6.07, 6.45) is 0. The number of rotatable bonds is 1. The highest BCUT2D eigenvalue weighted by Crippen LogP contribution is 2.46. The molecule has 1 unspecified atom stereocenters. The fraction of sp³-hybridized carbons (Fsp3) is 0.500. The van der Waals surface area contributed by atoms with Crippen molar-refractivity contribution < 1.29 is 4.74 Å². The first-order valence-electron chi connectivity index (χ1n) is 9.37. The predicted molar refractivity (Wildman–Crippen MR) is 107 cm³/mol. The first kappa shape index (κ1) is 18.0. The van der Waals surface area contributed by atoms with Crippen LogP contribution >= 0.6 is 0 Å².